The van der Waals surface area contributed by atoms with E-state index in [1.165, 1.54) is 19.1 Å². The van der Waals surface area contributed by atoms with Crippen LogP contribution in [-0.4, -0.2) is 6.29 Å². The van der Waals surface area contributed by atoms with Crippen molar-refractivity contribution in [3.63, 3.8) is 0 Å². The predicted molar refractivity (Wildman–Crippen MR) is 50.9 cm³/mol. The maximum absolute atomic E-state index is 10.8. The molecule has 0 unspecified atom stereocenters. The van der Waals surface area contributed by atoms with Crippen molar-refractivity contribution in [3.8, 4) is 0 Å². The fourth-order valence-corrected chi connectivity index (χ4v) is 2.43. The molecule has 1 heteroatoms. The molecular weight excluding hydrogens is 148 g/mol. The summed E-state index contributed by atoms with van der Waals surface area (Å²) in [6.07, 6.45) is 4.86. The van der Waals surface area contributed by atoms with E-state index in [2.05, 4.69) is 20.8 Å². The van der Waals surface area contributed by atoms with Gasteiger partial charge in [0.25, 0.3) is 0 Å². The zero-order valence-electron chi connectivity index (χ0n) is 8.42. The minimum absolute atomic E-state index is 0.341. The van der Waals surface area contributed by atoms with E-state index in [9.17, 15) is 4.79 Å². The minimum atomic E-state index is 0.341. The molecule has 0 saturated heterocycles. The van der Waals surface area contributed by atoms with E-state index in [4.69, 9.17) is 0 Å². The second-order valence-electron chi connectivity index (χ2n) is 4.63. The third-order valence-corrected chi connectivity index (χ3v) is 3.25. The summed E-state index contributed by atoms with van der Waals surface area (Å²) in [5.74, 6) is 2.43. The smallest absolute Gasteiger partial charge is 0.123 e. The first-order chi connectivity index (χ1) is 5.65. The number of hydrogen-bond acceptors (Lipinski definition) is 1. The average molecular weight is 168 g/mol. The maximum Gasteiger partial charge on any atom is 0.123 e. The van der Waals surface area contributed by atoms with Crippen LogP contribution in [0, 0.1) is 23.7 Å². The first kappa shape index (κ1) is 9.76. The van der Waals surface area contributed by atoms with Gasteiger partial charge in [0.15, 0.2) is 0 Å². The van der Waals surface area contributed by atoms with Gasteiger partial charge in [-0.25, -0.2) is 0 Å². The molecule has 12 heavy (non-hydrogen) atoms. The maximum atomic E-state index is 10.8. The van der Waals surface area contributed by atoms with Gasteiger partial charge >= 0.3 is 0 Å². The molecule has 0 spiro atoms. The molecule has 70 valence electrons. The summed E-state index contributed by atoms with van der Waals surface area (Å²) in [6.45, 7) is 6.72. The molecule has 0 aromatic rings. The highest BCUT2D eigenvalue weighted by atomic mass is 16.1. The largest absolute Gasteiger partial charge is 0.303 e. The molecule has 0 aromatic heterocycles. The van der Waals surface area contributed by atoms with Gasteiger partial charge < -0.3 is 4.79 Å². The lowest BCUT2D eigenvalue weighted by Crippen LogP contribution is -2.28. The molecule has 1 aliphatic rings. The Kier molecular flexibility index (Phi) is 3.30. The van der Waals surface area contributed by atoms with E-state index in [-0.39, 0.29) is 0 Å². The van der Waals surface area contributed by atoms with Crippen LogP contribution in [0.1, 0.15) is 40.0 Å². The van der Waals surface area contributed by atoms with Crippen molar-refractivity contribution in [2.75, 3.05) is 0 Å². The van der Waals surface area contributed by atoms with Crippen LogP contribution in [0.2, 0.25) is 0 Å². The number of carbonyl (C=O) groups is 1. The summed E-state index contributed by atoms with van der Waals surface area (Å²) in [4.78, 5) is 10.8. The third kappa shape index (κ3) is 2.09. The van der Waals surface area contributed by atoms with Crippen molar-refractivity contribution in [1.29, 1.82) is 0 Å². The molecule has 0 radical (unpaired) electrons. The average Bonchev–Trinajstić information content (AvgIpc) is 2.03. The SMILES string of the molecule is CC(C)[C@@H]1CC[C@H](C)C[C@H]1C=O. The van der Waals surface area contributed by atoms with Gasteiger partial charge in [0, 0.05) is 5.92 Å². The molecule has 1 aliphatic carbocycles. The second-order valence-corrected chi connectivity index (χ2v) is 4.63. The van der Waals surface area contributed by atoms with Gasteiger partial charge in [-0.15, -0.1) is 0 Å². The highest BCUT2D eigenvalue weighted by Crippen LogP contribution is 2.36. The summed E-state index contributed by atoms with van der Waals surface area (Å²) in [6, 6.07) is 0. The Morgan fingerprint density at radius 3 is 2.50 bits per heavy atom. The van der Waals surface area contributed by atoms with Crippen molar-refractivity contribution in [1.82, 2.24) is 0 Å². The zero-order chi connectivity index (χ0) is 9.14. The molecule has 1 saturated carbocycles. The minimum Gasteiger partial charge on any atom is -0.303 e. The number of carbonyl (C=O) groups excluding carboxylic acids is 1. The lowest BCUT2D eigenvalue weighted by atomic mass is 9.71. The van der Waals surface area contributed by atoms with Gasteiger partial charge in [0.05, 0.1) is 0 Å². The third-order valence-electron chi connectivity index (χ3n) is 3.25. The standard InChI is InChI=1S/C11H20O/c1-8(2)11-5-4-9(3)6-10(11)7-12/h7-11H,4-6H2,1-3H3/t9-,10-,11-/m0/s1. The van der Waals surface area contributed by atoms with Crippen molar-refractivity contribution in [2.24, 2.45) is 23.7 Å². The van der Waals surface area contributed by atoms with Crippen LogP contribution in [0.15, 0.2) is 0 Å². The molecular formula is C11H20O. The van der Waals surface area contributed by atoms with Crippen molar-refractivity contribution in [3.05, 3.63) is 0 Å². The normalized spacial score (nSPS) is 36.8. The van der Waals surface area contributed by atoms with Gasteiger partial charge in [-0.3, -0.25) is 0 Å². The molecule has 0 bridgehead atoms. The summed E-state index contributed by atoms with van der Waals surface area (Å²) < 4.78 is 0. The Labute approximate surface area is 75.5 Å². The first-order valence-electron chi connectivity index (χ1n) is 5.10. The van der Waals surface area contributed by atoms with E-state index < -0.39 is 0 Å². The molecule has 1 fully saturated rings. The fourth-order valence-electron chi connectivity index (χ4n) is 2.43. The molecule has 0 heterocycles. The van der Waals surface area contributed by atoms with Crippen molar-refractivity contribution < 1.29 is 4.79 Å². The van der Waals surface area contributed by atoms with Crippen LogP contribution in [0.4, 0.5) is 0 Å². The Hall–Kier alpha value is -0.330. The zero-order valence-corrected chi connectivity index (χ0v) is 8.42. The number of rotatable bonds is 2. The lowest BCUT2D eigenvalue weighted by Gasteiger charge is -2.34. The summed E-state index contributed by atoms with van der Waals surface area (Å²) in [5, 5.41) is 0. The summed E-state index contributed by atoms with van der Waals surface area (Å²) in [5.41, 5.74) is 0. The first-order valence-corrected chi connectivity index (χ1v) is 5.10. The predicted octanol–water partition coefficient (Wildman–Crippen LogP) is 2.89. The van der Waals surface area contributed by atoms with Gasteiger partial charge in [0.1, 0.15) is 6.29 Å². The highest BCUT2D eigenvalue weighted by Gasteiger charge is 2.29. The van der Waals surface area contributed by atoms with Gasteiger partial charge in [-0.05, 0) is 30.6 Å². The van der Waals surface area contributed by atoms with Crippen LogP contribution >= 0.6 is 0 Å². The van der Waals surface area contributed by atoms with Crippen molar-refractivity contribution in [2.45, 2.75) is 40.0 Å². The van der Waals surface area contributed by atoms with E-state index in [0.29, 0.717) is 17.8 Å². The van der Waals surface area contributed by atoms with Gasteiger partial charge in [0.2, 0.25) is 0 Å². The summed E-state index contributed by atoms with van der Waals surface area (Å²) in [7, 11) is 0. The molecule has 0 amide bonds. The van der Waals surface area contributed by atoms with E-state index in [1.807, 2.05) is 0 Å². The number of hydrogen-bond donors (Lipinski definition) is 0. The van der Waals surface area contributed by atoms with Crippen LogP contribution in [0.5, 0.6) is 0 Å². The van der Waals surface area contributed by atoms with Gasteiger partial charge in [-0.1, -0.05) is 27.2 Å². The monoisotopic (exact) mass is 168 g/mol. The molecule has 1 rings (SSSR count). The Morgan fingerprint density at radius 1 is 1.33 bits per heavy atom. The molecule has 0 N–H and O–H groups in total. The lowest BCUT2D eigenvalue weighted by molar-refractivity contribution is -0.114. The van der Waals surface area contributed by atoms with Crippen LogP contribution in [0.3, 0.4) is 0 Å². The van der Waals surface area contributed by atoms with Crippen LogP contribution in [0.25, 0.3) is 0 Å². The summed E-state index contributed by atoms with van der Waals surface area (Å²) >= 11 is 0. The molecule has 3 atom stereocenters. The molecule has 1 nitrogen and oxygen atoms in total. The highest BCUT2D eigenvalue weighted by molar-refractivity contribution is 5.54. The van der Waals surface area contributed by atoms with E-state index in [1.54, 1.807) is 0 Å². The van der Waals surface area contributed by atoms with Crippen LogP contribution in [-0.2, 0) is 4.79 Å². The Balaban J connectivity index is 2.56. The van der Waals surface area contributed by atoms with E-state index in [0.717, 1.165) is 12.3 Å². The quantitative estimate of drug-likeness (QED) is 0.579. The Bertz CT molecular complexity index is 151. The Morgan fingerprint density at radius 2 is 2.00 bits per heavy atom. The van der Waals surface area contributed by atoms with Crippen molar-refractivity contribution >= 4 is 6.29 Å². The topological polar surface area (TPSA) is 17.1 Å². The molecule has 0 aromatic carbocycles. The second kappa shape index (κ2) is 4.06. The fraction of sp³-hybridized carbons (Fsp3) is 0.909. The molecule has 0 aliphatic heterocycles. The van der Waals surface area contributed by atoms with Gasteiger partial charge in [-0.2, -0.15) is 0 Å². The number of aldehydes is 1. The van der Waals surface area contributed by atoms with E-state index >= 15 is 0 Å². The van der Waals surface area contributed by atoms with Crippen LogP contribution < -0.4 is 0 Å².